The van der Waals surface area contributed by atoms with E-state index < -0.39 is 0 Å². The molecule has 264 valence electrons. The summed E-state index contributed by atoms with van der Waals surface area (Å²) in [6, 6.07) is 21.7. The van der Waals surface area contributed by atoms with Crippen LogP contribution < -0.4 is 9.78 Å². The molecule has 0 atom stereocenters. The van der Waals surface area contributed by atoms with Crippen molar-refractivity contribution in [3.8, 4) is 33.8 Å². The summed E-state index contributed by atoms with van der Waals surface area (Å²) in [6.07, 6.45) is 14.4. The van der Waals surface area contributed by atoms with E-state index in [0.29, 0.717) is 30.0 Å². The smallest absolute Gasteiger partial charge is 0.211 e. The topological polar surface area (TPSA) is 112 Å². The molecule has 49 heavy (non-hydrogen) atoms. The maximum Gasteiger partial charge on any atom is 0.211 e. The summed E-state index contributed by atoms with van der Waals surface area (Å²) in [5.74, 6) is 2.53. The number of rotatable bonds is 15. The minimum absolute atomic E-state index is 0.218. The molecule has 3 aromatic carbocycles. The molecule has 0 radical (unpaired) electrons. The van der Waals surface area contributed by atoms with Gasteiger partial charge in [-0.3, -0.25) is 9.59 Å². The number of allylic oxidation sites excluding steroid dienone is 2. The summed E-state index contributed by atoms with van der Waals surface area (Å²) < 4.78 is 0. The first-order chi connectivity index (χ1) is 23.8. The Balaban J connectivity index is 0.000000594. The Kier molecular flexibility index (Phi) is 19.2. The van der Waals surface area contributed by atoms with E-state index in [9.17, 15) is 9.59 Å². The van der Waals surface area contributed by atoms with Gasteiger partial charge in [0.25, 0.3) is 0 Å². The van der Waals surface area contributed by atoms with E-state index in [1.165, 1.54) is 75.0 Å². The second kappa shape index (κ2) is 23.1. The van der Waals surface area contributed by atoms with E-state index in [0.717, 1.165) is 23.5 Å². The maximum absolute atomic E-state index is 9.48. The molecule has 1 aliphatic carbocycles. The Morgan fingerprint density at radius 1 is 0.776 bits per heavy atom. The third-order valence-corrected chi connectivity index (χ3v) is 8.37. The molecule has 3 aromatic rings. The van der Waals surface area contributed by atoms with Crippen LogP contribution in [0.5, 0.6) is 11.5 Å². The first-order valence-electron chi connectivity index (χ1n) is 16.7. The Labute approximate surface area is 291 Å². The van der Waals surface area contributed by atoms with Crippen molar-refractivity contribution in [2.45, 2.75) is 64.7 Å². The lowest BCUT2D eigenvalue weighted by Gasteiger charge is -2.28. The number of benzene rings is 3. The number of aldehydes is 2. The first kappa shape index (κ1) is 40.8. The largest absolute Gasteiger partial charge is 0.392 e. The normalized spacial score (nSPS) is 15.2. The van der Waals surface area contributed by atoms with E-state index in [-0.39, 0.29) is 24.4 Å². The van der Waals surface area contributed by atoms with Gasteiger partial charge in [0.2, 0.25) is 11.5 Å². The van der Waals surface area contributed by atoms with Crippen LogP contribution in [0.25, 0.3) is 22.3 Å². The van der Waals surface area contributed by atoms with Gasteiger partial charge in [0.1, 0.15) is 12.6 Å². The average molecular weight is 673 g/mol. The van der Waals surface area contributed by atoms with Crippen molar-refractivity contribution in [2.75, 3.05) is 27.4 Å². The predicted octanol–water partition coefficient (Wildman–Crippen LogP) is 8.56. The lowest BCUT2D eigenvalue weighted by atomic mass is 9.77. The fraction of sp³-hybridized carbons (Fsp3) is 0.366. The summed E-state index contributed by atoms with van der Waals surface area (Å²) in [6.45, 7) is 10.2. The molecule has 0 bridgehead atoms. The highest BCUT2D eigenvalue weighted by molar-refractivity contribution is 5.75. The number of carbonyl (C=O) groups is 2. The van der Waals surface area contributed by atoms with E-state index in [2.05, 4.69) is 81.6 Å². The molecule has 1 fully saturated rings. The van der Waals surface area contributed by atoms with Gasteiger partial charge >= 0.3 is 0 Å². The number of aryl methyl sites for hydroxylation is 1. The molecule has 0 aromatic heterocycles. The summed E-state index contributed by atoms with van der Waals surface area (Å²) >= 11 is 0. The van der Waals surface area contributed by atoms with E-state index in [1.807, 2.05) is 18.2 Å². The highest BCUT2D eigenvalue weighted by Crippen LogP contribution is 2.39. The SMILES string of the molecule is C/C=C/CCC1CCC(c2ccc(-c3ccc(-c4ccc(OOC)c(OOC)c4)cc3CC)cc2)CC1.C=C(C=O)CO.C=C(C=O)CO. The van der Waals surface area contributed by atoms with Crippen LogP contribution in [0.1, 0.15) is 69.4 Å². The number of aliphatic hydroxyl groups is 2. The standard InChI is InChI=1S/C33H40O4.2C4H6O2/c1-5-7-8-9-24-10-12-26(13-11-24)27-14-16-28(17-15-27)31-20-18-29(22-25(31)6-2)30-19-21-32(36-34-3)33(23-30)37-35-4;2*1-4(2-5)3-6/h5,7,14-24,26H,6,8-13H2,1-4H3;2*2,6H,1,3H2/b7-5+;;. The molecule has 8 nitrogen and oxygen atoms in total. The highest BCUT2D eigenvalue weighted by atomic mass is 17.2. The Bertz CT molecular complexity index is 1460. The highest BCUT2D eigenvalue weighted by Gasteiger charge is 2.22. The van der Waals surface area contributed by atoms with Gasteiger partial charge in [0.15, 0.2) is 0 Å². The molecule has 0 amide bonds. The van der Waals surface area contributed by atoms with Crippen LogP contribution >= 0.6 is 0 Å². The van der Waals surface area contributed by atoms with Crippen LogP contribution in [0, 0.1) is 5.92 Å². The fourth-order valence-electron chi connectivity index (χ4n) is 5.64. The first-order valence-corrected chi connectivity index (χ1v) is 16.7. The van der Waals surface area contributed by atoms with Crippen molar-refractivity contribution in [1.29, 1.82) is 0 Å². The Hall–Kier alpha value is -4.34. The van der Waals surface area contributed by atoms with E-state index in [1.54, 1.807) is 0 Å². The van der Waals surface area contributed by atoms with Crippen molar-refractivity contribution in [1.82, 2.24) is 0 Å². The second-order valence-corrected chi connectivity index (χ2v) is 11.7. The molecule has 1 aliphatic rings. The van der Waals surface area contributed by atoms with Crippen molar-refractivity contribution >= 4 is 12.6 Å². The minimum atomic E-state index is -0.233. The summed E-state index contributed by atoms with van der Waals surface area (Å²) in [5, 5.41) is 16.0. The quantitative estimate of drug-likeness (QED) is 0.0543. The molecule has 0 spiro atoms. The lowest BCUT2D eigenvalue weighted by molar-refractivity contribution is -0.201. The average Bonchev–Trinajstić information content (AvgIpc) is 3.15. The van der Waals surface area contributed by atoms with Gasteiger partial charge in [-0.1, -0.05) is 80.8 Å². The number of aliphatic hydroxyl groups excluding tert-OH is 2. The summed E-state index contributed by atoms with van der Waals surface area (Å²) in [7, 11) is 2.93. The molecule has 4 rings (SSSR count). The predicted molar refractivity (Wildman–Crippen MR) is 195 cm³/mol. The van der Waals surface area contributed by atoms with Crippen LogP contribution in [-0.2, 0) is 25.8 Å². The number of hydrogen-bond acceptors (Lipinski definition) is 8. The molecule has 8 heteroatoms. The van der Waals surface area contributed by atoms with Crippen molar-refractivity contribution in [3.63, 3.8) is 0 Å². The zero-order valence-electron chi connectivity index (χ0n) is 29.4. The van der Waals surface area contributed by atoms with Gasteiger partial charge in [0, 0.05) is 11.1 Å². The molecule has 2 N–H and O–H groups in total. The summed E-state index contributed by atoms with van der Waals surface area (Å²) in [4.78, 5) is 39.1. The molecular weight excluding hydrogens is 620 g/mol. The molecular formula is C41H52O8. The zero-order chi connectivity index (χ0) is 36.0. The van der Waals surface area contributed by atoms with Crippen molar-refractivity contribution < 1.29 is 39.4 Å². The number of carbonyl (C=O) groups excluding carboxylic acids is 2. The molecule has 1 saturated carbocycles. The van der Waals surface area contributed by atoms with Crippen LogP contribution in [0.2, 0.25) is 0 Å². The van der Waals surface area contributed by atoms with E-state index >= 15 is 0 Å². The lowest BCUT2D eigenvalue weighted by Crippen LogP contribution is -2.13. The van der Waals surface area contributed by atoms with Crippen LogP contribution in [-0.4, -0.2) is 50.2 Å². The number of hydrogen-bond donors (Lipinski definition) is 2. The Morgan fingerprint density at radius 2 is 1.33 bits per heavy atom. The third kappa shape index (κ3) is 13.6. The Morgan fingerprint density at radius 3 is 1.84 bits per heavy atom. The van der Waals surface area contributed by atoms with Gasteiger partial charge in [0.05, 0.1) is 27.4 Å². The van der Waals surface area contributed by atoms with Gasteiger partial charge in [-0.05, 0) is 109 Å². The van der Waals surface area contributed by atoms with E-state index in [4.69, 9.17) is 29.8 Å². The zero-order valence-corrected chi connectivity index (χ0v) is 29.4. The molecule has 0 aliphatic heterocycles. The second-order valence-electron chi connectivity index (χ2n) is 11.7. The van der Waals surface area contributed by atoms with Gasteiger partial charge in [-0.2, -0.15) is 9.78 Å². The third-order valence-electron chi connectivity index (χ3n) is 8.37. The fourth-order valence-corrected chi connectivity index (χ4v) is 5.64. The van der Waals surface area contributed by atoms with Gasteiger partial charge < -0.3 is 20.0 Å². The van der Waals surface area contributed by atoms with Gasteiger partial charge in [-0.15, -0.1) is 0 Å². The van der Waals surface area contributed by atoms with Crippen LogP contribution in [0.3, 0.4) is 0 Å². The van der Waals surface area contributed by atoms with Crippen LogP contribution in [0.4, 0.5) is 0 Å². The monoisotopic (exact) mass is 672 g/mol. The van der Waals surface area contributed by atoms with Crippen molar-refractivity contribution in [3.05, 3.63) is 108 Å². The van der Waals surface area contributed by atoms with Crippen LogP contribution in [0.15, 0.2) is 97.1 Å². The molecule has 0 saturated heterocycles. The minimum Gasteiger partial charge on any atom is -0.392 e. The van der Waals surface area contributed by atoms with Gasteiger partial charge in [-0.25, -0.2) is 0 Å². The summed E-state index contributed by atoms with van der Waals surface area (Å²) in [5.41, 5.74) is 7.96. The molecule has 0 heterocycles. The van der Waals surface area contributed by atoms with Crippen molar-refractivity contribution in [2.24, 2.45) is 5.92 Å². The molecule has 0 unspecified atom stereocenters. The maximum atomic E-state index is 9.48.